The maximum atomic E-state index is 12.0. The molecule has 0 aliphatic rings. The lowest BCUT2D eigenvalue weighted by molar-refractivity contribution is -0.129. The zero-order chi connectivity index (χ0) is 15.2. The number of hydrogen-bond donors (Lipinski definition) is 0. The average molecular weight is 283 g/mol. The van der Waals surface area contributed by atoms with E-state index in [1.807, 2.05) is 30.3 Å². The van der Waals surface area contributed by atoms with Gasteiger partial charge in [-0.05, 0) is 19.1 Å². The quantitative estimate of drug-likeness (QED) is 0.845. The van der Waals surface area contributed by atoms with Crippen molar-refractivity contribution >= 4 is 5.91 Å². The number of carbonyl (C=O) groups is 1. The molecule has 0 spiro atoms. The number of carbonyl (C=O) groups excluding carboxylic acids is 1. The van der Waals surface area contributed by atoms with Crippen LogP contribution in [0.5, 0.6) is 0 Å². The molecule has 0 saturated carbocycles. The number of nitriles is 1. The first-order chi connectivity index (χ1) is 10.1. The Kier molecular flexibility index (Phi) is 4.72. The number of benzene rings is 1. The third-order valence-electron chi connectivity index (χ3n) is 3.10. The van der Waals surface area contributed by atoms with Crippen molar-refractivity contribution in [3.63, 3.8) is 0 Å². The van der Waals surface area contributed by atoms with E-state index in [2.05, 4.69) is 11.1 Å². The van der Waals surface area contributed by atoms with Crippen LogP contribution in [0.1, 0.15) is 12.6 Å². The van der Waals surface area contributed by atoms with Gasteiger partial charge in [0.05, 0.1) is 24.1 Å². The zero-order valence-corrected chi connectivity index (χ0v) is 12.1. The van der Waals surface area contributed by atoms with Crippen LogP contribution in [0, 0.1) is 17.2 Å². The van der Waals surface area contributed by atoms with E-state index < -0.39 is 0 Å². The lowest BCUT2D eigenvalue weighted by atomic mass is 10.2. The van der Waals surface area contributed by atoms with E-state index in [0.717, 1.165) is 5.56 Å². The Morgan fingerprint density at radius 1 is 1.43 bits per heavy atom. The molecule has 1 atom stereocenters. The van der Waals surface area contributed by atoms with Crippen LogP contribution < -0.4 is 0 Å². The molecule has 5 nitrogen and oxygen atoms in total. The Hall–Kier alpha value is -2.61. The van der Waals surface area contributed by atoms with Crippen LogP contribution in [0.4, 0.5) is 0 Å². The molecule has 2 rings (SSSR count). The number of rotatable bonds is 5. The minimum atomic E-state index is -0.184. The monoisotopic (exact) mass is 283 g/mol. The molecule has 5 heteroatoms. The normalized spacial score (nSPS) is 11.7. The molecule has 0 radical (unpaired) electrons. The van der Waals surface area contributed by atoms with Gasteiger partial charge in [-0.25, -0.2) is 4.98 Å². The summed E-state index contributed by atoms with van der Waals surface area (Å²) in [6.45, 7) is 2.20. The third-order valence-corrected chi connectivity index (χ3v) is 3.10. The molecular formula is C16H17N3O2. The standard InChI is InChI=1S/C16H17N3O2/c1-12(9-17)10-19(2)15(20)8-14-11-21-16(18-14)13-6-4-3-5-7-13/h3-7,11-12H,8,10H2,1-2H3/t12-/m0/s1. The Labute approximate surface area is 123 Å². The minimum Gasteiger partial charge on any atom is -0.444 e. The van der Waals surface area contributed by atoms with Gasteiger partial charge in [-0.15, -0.1) is 0 Å². The summed E-state index contributed by atoms with van der Waals surface area (Å²) in [5, 5.41) is 8.77. The van der Waals surface area contributed by atoms with Crippen molar-refractivity contribution in [3.8, 4) is 17.5 Å². The second-order valence-electron chi connectivity index (χ2n) is 4.99. The lowest BCUT2D eigenvalue weighted by Crippen LogP contribution is -2.31. The molecule has 0 bridgehead atoms. The van der Waals surface area contributed by atoms with E-state index >= 15 is 0 Å². The number of likely N-dealkylation sites (N-methyl/N-ethyl adjacent to an activating group) is 1. The molecule has 108 valence electrons. The third kappa shape index (κ3) is 3.93. The molecule has 0 aliphatic carbocycles. The summed E-state index contributed by atoms with van der Waals surface area (Å²) in [4.78, 5) is 17.9. The van der Waals surface area contributed by atoms with Crippen molar-refractivity contribution in [2.75, 3.05) is 13.6 Å². The van der Waals surface area contributed by atoms with Crippen molar-refractivity contribution in [2.24, 2.45) is 5.92 Å². The fraction of sp³-hybridized carbons (Fsp3) is 0.312. The van der Waals surface area contributed by atoms with Crippen molar-refractivity contribution < 1.29 is 9.21 Å². The predicted octanol–water partition coefficient (Wildman–Crippen LogP) is 2.50. The van der Waals surface area contributed by atoms with Gasteiger partial charge in [0.25, 0.3) is 0 Å². The molecule has 21 heavy (non-hydrogen) atoms. The van der Waals surface area contributed by atoms with Crippen LogP contribution in [0.25, 0.3) is 11.5 Å². The Morgan fingerprint density at radius 3 is 2.81 bits per heavy atom. The summed E-state index contributed by atoms with van der Waals surface area (Å²) in [6.07, 6.45) is 1.67. The highest BCUT2D eigenvalue weighted by Crippen LogP contribution is 2.18. The summed E-state index contributed by atoms with van der Waals surface area (Å²) in [7, 11) is 1.69. The van der Waals surface area contributed by atoms with Gasteiger partial charge in [0.1, 0.15) is 6.26 Å². The smallest absolute Gasteiger partial charge is 0.228 e. The number of nitrogens with zero attached hydrogens (tertiary/aromatic N) is 3. The van der Waals surface area contributed by atoms with Gasteiger partial charge in [0, 0.05) is 19.2 Å². The SMILES string of the molecule is C[C@@H](C#N)CN(C)C(=O)Cc1coc(-c2ccccc2)n1. The first-order valence-corrected chi connectivity index (χ1v) is 6.73. The largest absolute Gasteiger partial charge is 0.444 e. The number of aromatic nitrogens is 1. The molecular weight excluding hydrogens is 266 g/mol. The topological polar surface area (TPSA) is 70.1 Å². The molecule has 1 aromatic carbocycles. The molecule has 2 aromatic rings. The molecule has 1 aromatic heterocycles. The van der Waals surface area contributed by atoms with Crippen molar-refractivity contribution in [2.45, 2.75) is 13.3 Å². The minimum absolute atomic E-state index is 0.0787. The molecule has 1 amide bonds. The number of oxazole rings is 1. The van der Waals surface area contributed by atoms with Gasteiger partial charge < -0.3 is 9.32 Å². The first kappa shape index (κ1) is 14.8. The maximum Gasteiger partial charge on any atom is 0.228 e. The number of amides is 1. The van der Waals surface area contributed by atoms with Gasteiger partial charge in [-0.2, -0.15) is 5.26 Å². The van der Waals surface area contributed by atoms with Crippen LogP contribution in [-0.2, 0) is 11.2 Å². The number of hydrogen-bond acceptors (Lipinski definition) is 4. The summed E-state index contributed by atoms with van der Waals surface area (Å²) in [5.41, 5.74) is 1.47. The zero-order valence-electron chi connectivity index (χ0n) is 12.1. The van der Waals surface area contributed by atoms with Gasteiger partial charge in [-0.3, -0.25) is 4.79 Å². The van der Waals surface area contributed by atoms with E-state index in [0.29, 0.717) is 18.1 Å². The van der Waals surface area contributed by atoms with Crippen LogP contribution >= 0.6 is 0 Å². The van der Waals surface area contributed by atoms with Crippen LogP contribution in [0.2, 0.25) is 0 Å². The Bertz CT molecular complexity index is 643. The molecule has 0 fully saturated rings. The molecule has 0 saturated heterocycles. The second-order valence-corrected chi connectivity index (χ2v) is 4.99. The van der Waals surface area contributed by atoms with E-state index in [1.165, 1.54) is 6.26 Å². The summed E-state index contributed by atoms with van der Waals surface area (Å²) in [6, 6.07) is 11.6. The van der Waals surface area contributed by atoms with Gasteiger partial charge >= 0.3 is 0 Å². The van der Waals surface area contributed by atoms with Crippen molar-refractivity contribution in [3.05, 3.63) is 42.3 Å². The molecule has 0 unspecified atom stereocenters. The second kappa shape index (κ2) is 6.71. The fourth-order valence-corrected chi connectivity index (χ4v) is 1.94. The van der Waals surface area contributed by atoms with E-state index in [4.69, 9.17) is 9.68 Å². The average Bonchev–Trinajstić information content (AvgIpc) is 2.96. The lowest BCUT2D eigenvalue weighted by Gasteiger charge is -2.17. The summed E-state index contributed by atoms with van der Waals surface area (Å²) >= 11 is 0. The van der Waals surface area contributed by atoms with Crippen LogP contribution in [-0.4, -0.2) is 29.4 Å². The maximum absolute atomic E-state index is 12.0. The van der Waals surface area contributed by atoms with E-state index in [9.17, 15) is 4.79 Å². The highest BCUT2D eigenvalue weighted by molar-refractivity contribution is 5.78. The molecule has 0 aliphatic heterocycles. The van der Waals surface area contributed by atoms with Crippen molar-refractivity contribution in [1.29, 1.82) is 5.26 Å². The predicted molar refractivity (Wildman–Crippen MR) is 78.1 cm³/mol. The molecule has 0 N–H and O–H groups in total. The Balaban J connectivity index is 2.00. The van der Waals surface area contributed by atoms with Gasteiger partial charge in [0.15, 0.2) is 0 Å². The molecule has 1 heterocycles. The fourth-order valence-electron chi connectivity index (χ4n) is 1.94. The van der Waals surface area contributed by atoms with Crippen molar-refractivity contribution in [1.82, 2.24) is 9.88 Å². The highest BCUT2D eigenvalue weighted by atomic mass is 16.3. The first-order valence-electron chi connectivity index (χ1n) is 6.73. The van der Waals surface area contributed by atoms with Gasteiger partial charge in [0.2, 0.25) is 11.8 Å². The van der Waals surface area contributed by atoms with E-state index in [1.54, 1.807) is 18.9 Å². The summed E-state index contributed by atoms with van der Waals surface area (Å²) < 4.78 is 5.40. The van der Waals surface area contributed by atoms with Gasteiger partial charge in [-0.1, -0.05) is 18.2 Å². The summed E-state index contributed by atoms with van der Waals surface area (Å²) in [5.74, 6) is 0.243. The van der Waals surface area contributed by atoms with E-state index in [-0.39, 0.29) is 18.2 Å². The van der Waals surface area contributed by atoms with Crippen LogP contribution in [0.3, 0.4) is 0 Å². The Morgan fingerprint density at radius 2 is 2.14 bits per heavy atom. The van der Waals surface area contributed by atoms with Crippen LogP contribution in [0.15, 0.2) is 41.0 Å². The highest BCUT2D eigenvalue weighted by Gasteiger charge is 2.15.